The van der Waals surface area contributed by atoms with Crippen molar-refractivity contribution in [3.8, 4) is 5.75 Å². The molecule has 8 N–H and O–H groups in total. The first-order chi connectivity index (χ1) is 19.8. The number of carbonyl (C=O) groups excluding carboxylic acids is 3. The zero-order valence-electron chi connectivity index (χ0n) is 24.3. The molecule has 0 spiro atoms. The van der Waals surface area contributed by atoms with E-state index in [9.17, 15) is 39.9 Å². The number of anilines is 1. The Bertz CT molecular complexity index is 1400. The molecule has 0 bridgehead atoms. The van der Waals surface area contributed by atoms with Crippen LogP contribution in [0.3, 0.4) is 0 Å². The van der Waals surface area contributed by atoms with Gasteiger partial charge in [-0.2, -0.15) is 0 Å². The number of likely N-dealkylation sites (N-methyl/N-ethyl adjacent to an activating group) is 1. The molecule has 0 radical (unpaired) electrons. The highest BCUT2D eigenvalue weighted by Crippen LogP contribution is 2.56. The number of fused-ring (bicyclic) bond motifs is 3. The summed E-state index contributed by atoms with van der Waals surface area (Å²) in [6.07, 6.45) is 1.16. The van der Waals surface area contributed by atoms with Crippen molar-refractivity contribution in [2.45, 2.75) is 62.8 Å². The van der Waals surface area contributed by atoms with Crippen LogP contribution in [0.25, 0.3) is 0 Å². The fraction of sp³-hybridized carbons (Fsp3) is 0.567. The molecule has 1 heterocycles. The molecular weight excluding hydrogens is 544 g/mol. The van der Waals surface area contributed by atoms with Crippen LogP contribution in [0.5, 0.6) is 5.75 Å². The fourth-order valence-electron chi connectivity index (χ4n) is 7.58. The molecule has 0 saturated carbocycles. The van der Waals surface area contributed by atoms with Crippen molar-refractivity contribution >= 4 is 23.2 Å². The number of phenolic OH excluding ortho intramolecular Hbond substituents is 1. The summed E-state index contributed by atoms with van der Waals surface area (Å²) >= 11 is 0. The Morgan fingerprint density at radius 3 is 2.38 bits per heavy atom. The van der Waals surface area contributed by atoms with Gasteiger partial charge in [-0.3, -0.25) is 19.3 Å². The monoisotopic (exact) mass is 584 g/mol. The maximum Gasteiger partial charge on any atom is 0.255 e. The van der Waals surface area contributed by atoms with Crippen molar-refractivity contribution in [2.75, 3.05) is 39.0 Å². The van der Waals surface area contributed by atoms with Crippen molar-refractivity contribution in [1.82, 2.24) is 9.80 Å². The zero-order valence-corrected chi connectivity index (χ0v) is 24.3. The highest BCUT2D eigenvalue weighted by atomic mass is 16.4. The molecule has 0 aromatic heterocycles. The highest BCUT2D eigenvalue weighted by molar-refractivity contribution is 6.25. The molecule has 4 aliphatic rings. The van der Waals surface area contributed by atoms with Crippen LogP contribution < -0.4 is 11.1 Å². The number of ketones is 2. The van der Waals surface area contributed by atoms with Crippen molar-refractivity contribution in [1.29, 1.82) is 0 Å². The van der Waals surface area contributed by atoms with E-state index in [-0.39, 0.29) is 17.4 Å². The summed E-state index contributed by atoms with van der Waals surface area (Å²) in [7, 11) is 3.01. The van der Waals surface area contributed by atoms with Crippen LogP contribution in [0, 0.1) is 11.8 Å². The number of Topliss-reactive ketones (excluding diaryl/α,β-unsaturated/α-hetero) is 2. The minimum atomic E-state index is -2.93. The summed E-state index contributed by atoms with van der Waals surface area (Å²) in [5.41, 5.74) is 1.80. The number of piperidine rings is 1. The molecule has 1 aromatic rings. The lowest BCUT2D eigenvalue weighted by molar-refractivity contribution is -0.162. The van der Waals surface area contributed by atoms with Crippen LogP contribution >= 0.6 is 0 Å². The molecule has 1 saturated heterocycles. The van der Waals surface area contributed by atoms with Crippen molar-refractivity contribution in [3.63, 3.8) is 0 Å². The Kier molecular flexibility index (Phi) is 7.63. The minimum Gasteiger partial charge on any atom is -0.510 e. The number of aliphatic hydroxyl groups is 4. The molecule has 1 aromatic carbocycles. The first-order valence-corrected chi connectivity index (χ1v) is 14.4. The maximum atomic E-state index is 14.0. The van der Waals surface area contributed by atoms with E-state index in [2.05, 4.69) is 17.1 Å². The van der Waals surface area contributed by atoms with Gasteiger partial charge >= 0.3 is 0 Å². The Morgan fingerprint density at radius 1 is 1.17 bits per heavy atom. The van der Waals surface area contributed by atoms with E-state index in [1.54, 1.807) is 19.1 Å². The van der Waals surface area contributed by atoms with Gasteiger partial charge in [-0.25, -0.2) is 0 Å². The van der Waals surface area contributed by atoms with E-state index in [1.807, 2.05) is 0 Å². The van der Waals surface area contributed by atoms with Crippen LogP contribution in [0.15, 0.2) is 34.8 Å². The minimum absolute atomic E-state index is 0.0750. The molecule has 1 amide bonds. The quantitative estimate of drug-likeness (QED) is 0.186. The number of aromatic hydroxyl groups is 1. The lowest BCUT2D eigenvalue weighted by Gasteiger charge is -2.53. The summed E-state index contributed by atoms with van der Waals surface area (Å²) in [5, 5.41) is 60.6. The number of nitrogens with one attached hydrogen (secondary N) is 1. The number of likely N-dealkylation sites (tertiary alicyclic amines) is 1. The normalized spacial score (nSPS) is 32.1. The van der Waals surface area contributed by atoms with Gasteiger partial charge in [0, 0.05) is 30.6 Å². The number of hydrogen-bond acceptors (Lipinski definition) is 11. The number of primary amides is 1. The van der Waals surface area contributed by atoms with Gasteiger partial charge in [0.15, 0.2) is 11.4 Å². The molecule has 0 unspecified atom stereocenters. The van der Waals surface area contributed by atoms with Gasteiger partial charge < -0.3 is 41.5 Å². The molecule has 12 heteroatoms. The Balaban J connectivity index is 1.59. The van der Waals surface area contributed by atoms with Crippen LogP contribution in [-0.2, 0) is 9.59 Å². The zero-order chi connectivity index (χ0) is 30.8. The molecule has 42 heavy (non-hydrogen) atoms. The summed E-state index contributed by atoms with van der Waals surface area (Å²) in [5.74, 6) is -8.92. The number of benzene rings is 1. The molecule has 3 aliphatic carbocycles. The lowest BCUT2D eigenvalue weighted by Crippen LogP contribution is -2.68. The smallest absolute Gasteiger partial charge is 0.255 e. The number of hydrogen-bond donors (Lipinski definition) is 7. The first kappa shape index (κ1) is 30.0. The molecule has 228 valence electrons. The number of nitrogens with zero attached hydrogens (tertiary/aromatic N) is 2. The number of nitrogens with two attached hydrogens (primary N) is 1. The average molecular weight is 585 g/mol. The number of phenols is 1. The summed E-state index contributed by atoms with van der Waals surface area (Å²) < 4.78 is 0. The van der Waals surface area contributed by atoms with Gasteiger partial charge in [0.25, 0.3) is 5.91 Å². The predicted octanol–water partition coefficient (Wildman–Crippen LogP) is 0.939. The standard InChI is InChI=1S/C30H40N4O8/c1-5-10-34-11-8-14(9-12-34)32-16-7-6-15-13(2)17-19(24(36)18(15)23(16)35)27(39)30(42)21(25(17)37)22(33(3)4)26(38)20(28(30)40)29(31)41/h6-7,13-14,17,21-22,25,32,35,37-39,42H,5,8-12H2,1-4H3,(H2,31,41)/t13-,17-,21+,22+,25-,30+/m1/s1. The predicted molar refractivity (Wildman–Crippen MR) is 153 cm³/mol. The Morgan fingerprint density at radius 2 is 1.81 bits per heavy atom. The summed E-state index contributed by atoms with van der Waals surface area (Å²) in [6.45, 7) is 6.69. The van der Waals surface area contributed by atoms with Gasteiger partial charge in [-0.15, -0.1) is 0 Å². The molecule has 1 fully saturated rings. The van der Waals surface area contributed by atoms with E-state index < -0.39 is 75.6 Å². The number of aliphatic hydroxyl groups excluding tert-OH is 3. The fourth-order valence-corrected chi connectivity index (χ4v) is 7.58. The van der Waals surface area contributed by atoms with Gasteiger partial charge in [0.1, 0.15) is 22.8 Å². The first-order valence-electron chi connectivity index (χ1n) is 14.4. The maximum absolute atomic E-state index is 14.0. The highest BCUT2D eigenvalue weighted by Gasteiger charge is 2.67. The third kappa shape index (κ3) is 4.23. The van der Waals surface area contributed by atoms with Crippen LogP contribution in [0.2, 0.25) is 0 Å². The SMILES string of the molecule is CCCN1CCC(Nc2ccc3c(c2O)C(=O)C2=C(O)[C@]4(O)C(=O)C(C(N)=O)=C(O)[C@@H](N(C)C)[C@H]4[C@H](O)[C@@H]2[C@@H]3C)CC1. The Hall–Kier alpha value is -3.45. The van der Waals surface area contributed by atoms with E-state index >= 15 is 0 Å². The molecular formula is C30H40N4O8. The summed E-state index contributed by atoms with van der Waals surface area (Å²) in [4.78, 5) is 43.5. The van der Waals surface area contributed by atoms with Crippen molar-refractivity contribution < 1.29 is 39.9 Å². The van der Waals surface area contributed by atoms with Crippen molar-refractivity contribution in [3.05, 3.63) is 45.9 Å². The topological polar surface area (TPSA) is 197 Å². The second-order valence-corrected chi connectivity index (χ2v) is 12.2. The van der Waals surface area contributed by atoms with E-state index in [4.69, 9.17) is 5.73 Å². The van der Waals surface area contributed by atoms with E-state index in [0.29, 0.717) is 11.3 Å². The van der Waals surface area contributed by atoms with E-state index in [0.717, 1.165) is 38.9 Å². The van der Waals surface area contributed by atoms with Gasteiger partial charge in [0.05, 0.1) is 29.3 Å². The van der Waals surface area contributed by atoms with Crippen molar-refractivity contribution in [2.24, 2.45) is 17.6 Å². The summed E-state index contributed by atoms with van der Waals surface area (Å²) in [6, 6.07) is 2.18. The van der Waals surface area contributed by atoms with Gasteiger partial charge in [-0.1, -0.05) is 19.9 Å². The third-order valence-corrected chi connectivity index (χ3v) is 9.62. The lowest BCUT2D eigenvalue weighted by atomic mass is 9.55. The second-order valence-electron chi connectivity index (χ2n) is 12.2. The third-order valence-electron chi connectivity index (χ3n) is 9.62. The van der Waals surface area contributed by atoms with Gasteiger partial charge in [0.2, 0.25) is 5.78 Å². The number of rotatable bonds is 6. The molecule has 1 aliphatic heterocycles. The van der Waals surface area contributed by atoms with E-state index in [1.165, 1.54) is 19.0 Å². The molecule has 5 rings (SSSR count). The Labute approximate surface area is 244 Å². The average Bonchev–Trinajstić information content (AvgIpc) is 2.92. The van der Waals surface area contributed by atoms with Crippen LogP contribution in [-0.4, -0.2) is 110 Å². The largest absolute Gasteiger partial charge is 0.510 e. The van der Waals surface area contributed by atoms with Gasteiger partial charge in [-0.05, 0) is 57.5 Å². The number of amides is 1. The molecule has 6 atom stereocenters. The number of carbonyl (C=O) groups is 3. The molecule has 12 nitrogen and oxygen atoms in total. The second kappa shape index (κ2) is 10.7. The van der Waals surface area contributed by atoms with Crippen LogP contribution in [0.1, 0.15) is 54.9 Å². The van der Waals surface area contributed by atoms with Crippen LogP contribution in [0.4, 0.5) is 5.69 Å².